The molecule has 1 aliphatic carbocycles. The second kappa shape index (κ2) is 13.0. The average molecular weight is 660 g/mol. The SMILES string of the molecule is CC(C)(C)[C@@H]1CCc2c(sc(N=Cc3cc(Cl)ccc3OCc3ccc(Cl)c(Cl)c3)c2C(=O)Nc2ccc(Cl)cc2)C1. The molecule has 4 aromatic rings. The molecule has 1 N–H and O–H groups in total. The van der Waals surface area contributed by atoms with Gasteiger partial charge in [-0.3, -0.25) is 4.79 Å². The molecular formula is C33H30Cl4N2O2S. The third kappa shape index (κ3) is 7.32. The van der Waals surface area contributed by atoms with Crippen molar-refractivity contribution in [3.8, 4) is 5.75 Å². The number of halogens is 4. The predicted octanol–water partition coefficient (Wildman–Crippen LogP) is 11.1. The lowest BCUT2D eigenvalue weighted by atomic mass is 9.72. The van der Waals surface area contributed by atoms with Crippen molar-refractivity contribution in [2.24, 2.45) is 16.3 Å². The highest BCUT2D eigenvalue weighted by Crippen LogP contribution is 2.45. The molecule has 0 aliphatic heterocycles. The molecule has 1 heterocycles. The van der Waals surface area contributed by atoms with Crippen LogP contribution in [0.5, 0.6) is 5.75 Å². The third-order valence-electron chi connectivity index (χ3n) is 7.47. The Morgan fingerprint density at radius 3 is 2.45 bits per heavy atom. The Kier molecular flexibility index (Phi) is 9.56. The molecule has 42 heavy (non-hydrogen) atoms. The fraction of sp³-hybridized carbons (Fsp3) is 0.273. The smallest absolute Gasteiger partial charge is 0.259 e. The van der Waals surface area contributed by atoms with Gasteiger partial charge in [0.05, 0.1) is 15.6 Å². The monoisotopic (exact) mass is 658 g/mol. The van der Waals surface area contributed by atoms with Crippen molar-refractivity contribution in [3.05, 3.63) is 108 Å². The number of hydrogen-bond acceptors (Lipinski definition) is 4. The van der Waals surface area contributed by atoms with Crippen LogP contribution in [0.1, 0.15) is 59.1 Å². The van der Waals surface area contributed by atoms with Crippen molar-refractivity contribution >= 4 is 80.6 Å². The Bertz CT molecular complexity index is 1640. The summed E-state index contributed by atoms with van der Waals surface area (Å²) in [5.41, 5.74) is 4.14. The zero-order chi connectivity index (χ0) is 30.0. The van der Waals surface area contributed by atoms with Crippen LogP contribution in [0, 0.1) is 11.3 Å². The van der Waals surface area contributed by atoms with Crippen LogP contribution in [0.4, 0.5) is 10.7 Å². The highest BCUT2D eigenvalue weighted by atomic mass is 35.5. The Labute approximate surface area is 270 Å². The molecule has 1 aliphatic rings. The molecule has 0 saturated carbocycles. The molecular weight excluding hydrogens is 630 g/mol. The molecule has 4 nitrogen and oxygen atoms in total. The van der Waals surface area contributed by atoms with Crippen LogP contribution in [-0.2, 0) is 19.4 Å². The average Bonchev–Trinajstić information content (AvgIpc) is 3.32. The summed E-state index contributed by atoms with van der Waals surface area (Å²) in [5, 5.41) is 5.82. The van der Waals surface area contributed by atoms with Crippen LogP contribution in [0.15, 0.2) is 65.7 Å². The fourth-order valence-electron chi connectivity index (χ4n) is 5.03. The minimum Gasteiger partial charge on any atom is -0.488 e. The van der Waals surface area contributed by atoms with Crippen molar-refractivity contribution in [2.45, 2.75) is 46.6 Å². The van der Waals surface area contributed by atoms with Crippen molar-refractivity contribution in [3.63, 3.8) is 0 Å². The minimum atomic E-state index is -0.182. The molecule has 0 radical (unpaired) electrons. The summed E-state index contributed by atoms with van der Waals surface area (Å²) in [6.45, 7) is 7.13. The van der Waals surface area contributed by atoms with Crippen molar-refractivity contribution in [1.29, 1.82) is 0 Å². The highest BCUT2D eigenvalue weighted by Gasteiger charge is 2.33. The molecule has 0 spiro atoms. The number of aliphatic imine (C=N–C) groups is 1. The lowest BCUT2D eigenvalue weighted by Gasteiger charge is -2.33. The normalized spacial score (nSPS) is 15.1. The summed E-state index contributed by atoms with van der Waals surface area (Å²) in [6.07, 6.45) is 4.50. The maximum atomic E-state index is 13.7. The van der Waals surface area contributed by atoms with Gasteiger partial charge in [-0.2, -0.15) is 0 Å². The molecule has 1 amide bonds. The van der Waals surface area contributed by atoms with E-state index in [1.165, 1.54) is 4.88 Å². The Balaban J connectivity index is 1.46. The number of hydrogen-bond donors (Lipinski definition) is 1. The van der Waals surface area contributed by atoms with Gasteiger partial charge in [0.2, 0.25) is 0 Å². The van der Waals surface area contributed by atoms with Gasteiger partial charge in [-0.15, -0.1) is 11.3 Å². The molecule has 1 aromatic heterocycles. The largest absolute Gasteiger partial charge is 0.488 e. The van der Waals surface area contributed by atoms with Crippen LogP contribution in [0.3, 0.4) is 0 Å². The van der Waals surface area contributed by atoms with Crippen molar-refractivity contribution < 1.29 is 9.53 Å². The Morgan fingerprint density at radius 2 is 1.74 bits per heavy atom. The number of amides is 1. The van der Waals surface area contributed by atoms with E-state index in [4.69, 9.17) is 56.1 Å². The lowest BCUT2D eigenvalue weighted by molar-refractivity contribution is 0.102. The second-order valence-electron chi connectivity index (χ2n) is 11.4. The van der Waals surface area contributed by atoms with E-state index in [0.29, 0.717) is 53.6 Å². The summed E-state index contributed by atoms with van der Waals surface area (Å²) in [4.78, 5) is 19.8. The van der Waals surface area contributed by atoms with E-state index in [2.05, 4.69) is 26.1 Å². The number of ether oxygens (including phenoxy) is 1. The van der Waals surface area contributed by atoms with E-state index >= 15 is 0 Å². The lowest BCUT2D eigenvalue weighted by Crippen LogP contribution is -2.27. The van der Waals surface area contributed by atoms with Gasteiger partial charge in [0.15, 0.2) is 0 Å². The number of carbonyl (C=O) groups excluding carboxylic acids is 1. The molecule has 0 bridgehead atoms. The summed E-state index contributed by atoms with van der Waals surface area (Å²) < 4.78 is 6.12. The van der Waals surface area contributed by atoms with Crippen molar-refractivity contribution in [1.82, 2.24) is 0 Å². The van der Waals surface area contributed by atoms with Gasteiger partial charge < -0.3 is 10.1 Å². The first kappa shape index (κ1) is 30.9. The van der Waals surface area contributed by atoms with Gasteiger partial charge >= 0.3 is 0 Å². The van der Waals surface area contributed by atoms with E-state index in [1.54, 1.807) is 66.1 Å². The van der Waals surface area contributed by atoms with E-state index in [9.17, 15) is 4.79 Å². The van der Waals surface area contributed by atoms with Crippen molar-refractivity contribution in [2.75, 3.05) is 5.32 Å². The van der Waals surface area contributed by atoms with Gasteiger partial charge in [-0.25, -0.2) is 4.99 Å². The molecule has 9 heteroatoms. The van der Waals surface area contributed by atoms with Gasteiger partial charge in [-0.1, -0.05) is 73.2 Å². The molecule has 0 unspecified atom stereocenters. The third-order valence-corrected chi connectivity index (χ3v) is 9.86. The molecule has 3 aromatic carbocycles. The number of rotatable bonds is 7. The van der Waals surface area contributed by atoms with Gasteiger partial charge in [0.1, 0.15) is 17.4 Å². The highest BCUT2D eigenvalue weighted by molar-refractivity contribution is 7.16. The van der Waals surface area contributed by atoms with Gasteiger partial charge in [0.25, 0.3) is 5.91 Å². The fourth-order valence-corrected chi connectivity index (χ4v) is 6.93. The zero-order valence-electron chi connectivity index (χ0n) is 23.4. The van der Waals surface area contributed by atoms with E-state index in [0.717, 1.165) is 30.4 Å². The van der Waals surface area contributed by atoms with Crippen LogP contribution < -0.4 is 10.1 Å². The van der Waals surface area contributed by atoms with Gasteiger partial charge in [0, 0.05) is 32.4 Å². The molecule has 5 rings (SSSR count). The number of nitrogens with one attached hydrogen (secondary N) is 1. The Morgan fingerprint density at radius 1 is 1.00 bits per heavy atom. The quantitative estimate of drug-likeness (QED) is 0.201. The standard InChI is InChI=1S/C33H30Cl4N2O2S/c1-33(2,3)21-5-11-25-29(16-21)42-32(30(25)31(40)39-24-9-6-22(34)7-10-24)38-17-20-15-23(35)8-13-28(20)41-18-19-4-12-26(36)27(37)14-19/h4,6-10,12-15,17,21H,5,11,16,18H2,1-3H3,(H,39,40)/t21-/m1/s1. The second-order valence-corrected chi connectivity index (χ2v) is 14.2. The van der Waals surface area contributed by atoms with Crippen LogP contribution in [0.25, 0.3) is 0 Å². The first-order valence-corrected chi connectivity index (χ1v) is 15.9. The molecule has 1 atom stereocenters. The first-order valence-electron chi connectivity index (χ1n) is 13.6. The Hall–Kier alpha value is -2.54. The maximum absolute atomic E-state index is 13.7. The summed E-state index contributed by atoms with van der Waals surface area (Å²) in [6, 6.07) is 17.9. The number of nitrogens with zero attached hydrogens (tertiary/aromatic N) is 1. The van der Waals surface area contributed by atoms with Crippen LogP contribution >= 0.6 is 57.7 Å². The van der Waals surface area contributed by atoms with E-state index < -0.39 is 0 Å². The predicted molar refractivity (Wildman–Crippen MR) is 178 cm³/mol. The minimum absolute atomic E-state index is 0.179. The molecule has 0 fully saturated rings. The van der Waals surface area contributed by atoms with Gasteiger partial charge in [-0.05, 0) is 96.3 Å². The molecule has 218 valence electrons. The summed E-state index contributed by atoms with van der Waals surface area (Å²) in [5.74, 6) is 0.954. The number of carbonyl (C=O) groups is 1. The number of anilines is 1. The molecule has 0 saturated heterocycles. The zero-order valence-corrected chi connectivity index (χ0v) is 27.3. The first-order chi connectivity index (χ1) is 20.0. The van der Waals surface area contributed by atoms with Crippen LogP contribution in [-0.4, -0.2) is 12.1 Å². The van der Waals surface area contributed by atoms with E-state index in [-0.39, 0.29) is 17.9 Å². The summed E-state index contributed by atoms with van der Waals surface area (Å²) >= 11 is 26.2. The summed E-state index contributed by atoms with van der Waals surface area (Å²) in [7, 11) is 0. The number of fused-ring (bicyclic) bond motifs is 1. The number of thiophene rings is 1. The topological polar surface area (TPSA) is 50.7 Å². The number of benzene rings is 3. The van der Waals surface area contributed by atoms with Crippen LogP contribution in [0.2, 0.25) is 20.1 Å². The van der Waals surface area contributed by atoms with E-state index in [1.807, 2.05) is 12.1 Å². The maximum Gasteiger partial charge on any atom is 0.259 e.